The number of nitrogens with zero attached hydrogens (tertiary/aromatic N) is 2. The first kappa shape index (κ1) is 22.3. The van der Waals surface area contributed by atoms with E-state index < -0.39 is 6.61 Å². The third-order valence-corrected chi connectivity index (χ3v) is 4.88. The molecule has 166 valence electrons. The first-order chi connectivity index (χ1) is 14.9. The van der Waals surface area contributed by atoms with Gasteiger partial charge in [0, 0.05) is 45.3 Å². The summed E-state index contributed by atoms with van der Waals surface area (Å²) in [6.07, 6.45) is 0.835. The lowest BCUT2D eigenvalue weighted by molar-refractivity contribution is -0.114. The number of nitrogens with one attached hydrogen (secondary N) is 3. The summed E-state index contributed by atoms with van der Waals surface area (Å²) >= 11 is 0. The predicted octanol–water partition coefficient (Wildman–Crippen LogP) is 3.19. The number of aliphatic imine (C=N–C) groups is 1. The molecule has 0 spiro atoms. The first-order valence-corrected chi connectivity index (χ1v) is 10.1. The molecule has 31 heavy (non-hydrogen) atoms. The van der Waals surface area contributed by atoms with Gasteiger partial charge < -0.3 is 25.6 Å². The van der Waals surface area contributed by atoms with Gasteiger partial charge in [0.15, 0.2) is 5.96 Å². The number of para-hydroxylation sites is 2. The summed E-state index contributed by atoms with van der Waals surface area (Å²) < 4.78 is 30.1. The number of ether oxygens (including phenoxy) is 1. The van der Waals surface area contributed by atoms with Crippen molar-refractivity contribution in [1.29, 1.82) is 0 Å². The van der Waals surface area contributed by atoms with Crippen molar-refractivity contribution in [3.05, 3.63) is 54.1 Å². The zero-order valence-corrected chi connectivity index (χ0v) is 17.6. The van der Waals surface area contributed by atoms with Gasteiger partial charge in [-0.3, -0.25) is 9.79 Å². The number of hydrogen-bond acceptors (Lipinski definition) is 4. The van der Waals surface area contributed by atoms with E-state index in [1.807, 2.05) is 35.2 Å². The molecular weight excluding hydrogens is 404 g/mol. The van der Waals surface area contributed by atoms with E-state index in [4.69, 9.17) is 0 Å². The highest BCUT2D eigenvalue weighted by atomic mass is 19.3. The molecule has 2 aromatic rings. The van der Waals surface area contributed by atoms with Crippen LogP contribution in [-0.4, -0.2) is 44.7 Å². The zero-order chi connectivity index (χ0) is 22.2. The topological polar surface area (TPSA) is 78.0 Å². The van der Waals surface area contributed by atoms with Gasteiger partial charge in [-0.15, -0.1) is 0 Å². The lowest BCUT2D eigenvalue weighted by Gasteiger charge is -2.22. The molecule has 3 rings (SSSR count). The molecule has 9 heteroatoms. The van der Waals surface area contributed by atoms with E-state index >= 15 is 0 Å². The average molecular weight is 431 g/mol. The van der Waals surface area contributed by atoms with E-state index in [-0.39, 0.29) is 17.7 Å². The minimum atomic E-state index is -2.86. The van der Waals surface area contributed by atoms with Crippen molar-refractivity contribution in [2.75, 3.05) is 30.4 Å². The van der Waals surface area contributed by atoms with Crippen LogP contribution < -0.4 is 25.6 Å². The number of guanidine groups is 1. The highest BCUT2D eigenvalue weighted by Crippen LogP contribution is 2.31. The van der Waals surface area contributed by atoms with Crippen molar-refractivity contribution >= 4 is 23.2 Å². The Morgan fingerprint density at radius 2 is 2.06 bits per heavy atom. The second-order valence-corrected chi connectivity index (χ2v) is 7.23. The molecule has 1 saturated heterocycles. The van der Waals surface area contributed by atoms with Crippen LogP contribution in [0.25, 0.3) is 0 Å². The molecule has 1 fully saturated rings. The zero-order valence-electron chi connectivity index (χ0n) is 17.6. The Bertz CT molecular complexity index is 922. The lowest BCUT2D eigenvalue weighted by Crippen LogP contribution is -2.44. The van der Waals surface area contributed by atoms with Gasteiger partial charge in [-0.05, 0) is 36.2 Å². The molecule has 0 bridgehead atoms. The molecular formula is C22H27F2N5O2. The van der Waals surface area contributed by atoms with E-state index in [1.54, 1.807) is 25.2 Å². The van der Waals surface area contributed by atoms with Crippen LogP contribution in [0.1, 0.15) is 18.9 Å². The standard InChI is InChI=1S/C22H27F2N5O2/c1-15(30)27-17-7-5-6-16(12-17)13-26-22(25-2)28-18-10-11-29(14-18)19-8-3-4-9-20(19)31-21(23)24/h3-9,12,18,21H,10-11,13-14H2,1-2H3,(H,27,30)(H2,25,26,28). The van der Waals surface area contributed by atoms with Gasteiger partial charge in [0.05, 0.1) is 5.69 Å². The number of amides is 1. The van der Waals surface area contributed by atoms with Gasteiger partial charge in [0.1, 0.15) is 5.75 Å². The van der Waals surface area contributed by atoms with Crippen molar-refractivity contribution < 1.29 is 18.3 Å². The number of anilines is 2. The van der Waals surface area contributed by atoms with Crippen molar-refractivity contribution in [2.45, 2.75) is 32.5 Å². The molecule has 0 radical (unpaired) electrons. The van der Waals surface area contributed by atoms with E-state index in [0.29, 0.717) is 24.7 Å². The maximum atomic E-state index is 12.7. The number of rotatable bonds is 7. The van der Waals surface area contributed by atoms with Crippen LogP contribution in [0.5, 0.6) is 5.75 Å². The highest BCUT2D eigenvalue weighted by Gasteiger charge is 2.26. The fourth-order valence-electron chi connectivity index (χ4n) is 3.55. The van der Waals surface area contributed by atoms with Gasteiger partial charge in [0.25, 0.3) is 0 Å². The summed E-state index contributed by atoms with van der Waals surface area (Å²) in [5.41, 5.74) is 2.40. The Labute approximate surface area is 180 Å². The maximum Gasteiger partial charge on any atom is 0.387 e. The van der Waals surface area contributed by atoms with E-state index in [9.17, 15) is 13.6 Å². The largest absolute Gasteiger partial charge is 0.433 e. The number of hydrogen-bond donors (Lipinski definition) is 3. The number of benzene rings is 2. The van der Waals surface area contributed by atoms with Crippen molar-refractivity contribution in [2.24, 2.45) is 4.99 Å². The van der Waals surface area contributed by atoms with Gasteiger partial charge in [-0.1, -0.05) is 24.3 Å². The SMILES string of the molecule is CN=C(NCc1cccc(NC(C)=O)c1)NC1CCN(c2ccccc2OC(F)F)C1. The van der Waals surface area contributed by atoms with Crippen LogP contribution in [0.2, 0.25) is 0 Å². The molecule has 0 saturated carbocycles. The summed E-state index contributed by atoms with van der Waals surface area (Å²) in [5.74, 6) is 0.711. The average Bonchev–Trinajstić information content (AvgIpc) is 3.19. The normalized spacial score (nSPS) is 16.4. The Balaban J connectivity index is 1.55. The molecule has 1 amide bonds. The molecule has 0 aliphatic carbocycles. The fourth-order valence-corrected chi connectivity index (χ4v) is 3.55. The fraction of sp³-hybridized carbons (Fsp3) is 0.364. The molecule has 2 aromatic carbocycles. The van der Waals surface area contributed by atoms with Crippen molar-refractivity contribution in [1.82, 2.24) is 10.6 Å². The smallest absolute Gasteiger partial charge is 0.387 e. The summed E-state index contributed by atoms with van der Waals surface area (Å²) in [6, 6.07) is 14.5. The second kappa shape index (κ2) is 10.6. The van der Waals surface area contributed by atoms with E-state index in [0.717, 1.165) is 24.2 Å². The molecule has 1 heterocycles. The monoisotopic (exact) mass is 431 g/mol. The first-order valence-electron chi connectivity index (χ1n) is 10.1. The molecule has 7 nitrogen and oxygen atoms in total. The van der Waals surface area contributed by atoms with Crippen molar-refractivity contribution in [3.8, 4) is 5.75 Å². The third kappa shape index (κ3) is 6.56. The second-order valence-electron chi connectivity index (χ2n) is 7.23. The van der Waals surface area contributed by atoms with Crippen LogP contribution in [0.15, 0.2) is 53.5 Å². The Morgan fingerprint density at radius 1 is 1.26 bits per heavy atom. The summed E-state index contributed by atoms with van der Waals surface area (Å²) in [6.45, 7) is 0.512. The number of halogens is 2. The number of carbonyl (C=O) groups excluding carboxylic acids is 1. The molecule has 0 aromatic heterocycles. The van der Waals surface area contributed by atoms with E-state index in [2.05, 4.69) is 25.7 Å². The summed E-state index contributed by atoms with van der Waals surface area (Å²) in [7, 11) is 1.70. The number of alkyl halides is 2. The number of carbonyl (C=O) groups is 1. The van der Waals surface area contributed by atoms with Crippen LogP contribution in [0.3, 0.4) is 0 Å². The summed E-state index contributed by atoms with van der Waals surface area (Å²) in [4.78, 5) is 17.5. The third-order valence-electron chi connectivity index (χ3n) is 4.88. The van der Waals surface area contributed by atoms with Gasteiger partial charge >= 0.3 is 6.61 Å². The quantitative estimate of drug-likeness (QED) is 0.464. The van der Waals surface area contributed by atoms with Gasteiger partial charge in [-0.25, -0.2) is 0 Å². The Kier molecular flexibility index (Phi) is 7.64. The summed E-state index contributed by atoms with van der Waals surface area (Å²) in [5, 5.41) is 9.42. The van der Waals surface area contributed by atoms with Gasteiger partial charge in [-0.2, -0.15) is 8.78 Å². The van der Waals surface area contributed by atoms with Crippen LogP contribution in [-0.2, 0) is 11.3 Å². The minimum Gasteiger partial charge on any atom is -0.433 e. The maximum absolute atomic E-state index is 12.7. The highest BCUT2D eigenvalue weighted by molar-refractivity contribution is 5.88. The van der Waals surface area contributed by atoms with Crippen molar-refractivity contribution in [3.63, 3.8) is 0 Å². The minimum absolute atomic E-state index is 0.108. The van der Waals surface area contributed by atoms with Gasteiger partial charge in [0.2, 0.25) is 5.91 Å². The van der Waals surface area contributed by atoms with E-state index in [1.165, 1.54) is 6.92 Å². The molecule has 1 aliphatic rings. The molecule has 1 aliphatic heterocycles. The Morgan fingerprint density at radius 3 is 2.81 bits per heavy atom. The van der Waals surface area contributed by atoms with Crippen LogP contribution in [0.4, 0.5) is 20.2 Å². The Hall–Kier alpha value is -3.36. The lowest BCUT2D eigenvalue weighted by atomic mass is 10.2. The predicted molar refractivity (Wildman–Crippen MR) is 118 cm³/mol. The molecule has 1 atom stereocenters. The molecule has 3 N–H and O–H groups in total. The molecule has 1 unspecified atom stereocenters. The van der Waals surface area contributed by atoms with Crippen LogP contribution in [0, 0.1) is 0 Å². The van der Waals surface area contributed by atoms with Crippen LogP contribution >= 0.6 is 0 Å².